The number of nitrogens with zero attached hydrogens (tertiary/aromatic N) is 2. The molecule has 0 aromatic heterocycles. The summed E-state index contributed by atoms with van der Waals surface area (Å²) < 4.78 is 0. The van der Waals surface area contributed by atoms with Crippen LogP contribution in [0.4, 0.5) is 34.1 Å². The first-order chi connectivity index (χ1) is 31.3. The molecular formula is C61H58N2Si2. The molecule has 1 aliphatic carbocycles. The quantitative estimate of drug-likeness (QED) is 0.126. The van der Waals surface area contributed by atoms with Gasteiger partial charge in [0.05, 0.1) is 27.3 Å². The van der Waals surface area contributed by atoms with Gasteiger partial charge in [-0.15, -0.1) is 0 Å². The highest BCUT2D eigenvalue weighted by Gasteiger charge is 2.48. The van der Waals surface area contributed by atoms with Gasteiger partial charge in [0.15, 0.2) is 0 Å². The van der Waals surface area contributed by atoms with Crippen LogP contribution in [0.3, 0.4) is 0 Å². The zero-order valence-corrected chi connectivity index (χ0v) is 41.0. The molecule has 0 saturated carbocycles. The van der Waals surface area contributed by atoms with E-state index in [-0.39, 0.29) is 0 Å². The molecule has 9 aromatic carbocycles. The number of hydrogen-bond donors (Lipinski definition) is 0. The fraction of sp³-hybridized carbons (Fsp3) is 0.148. The molecule has 0 fully saturated rings. The first kappa shape index (κ1) is 42.2. The second-order valence-corrected chi connectivity index (χ2v) is 30.2. The van der Waals surface area contributed by atoms with E-state index in [0.717, 1.165) is 34.1 Å². The summed E-state index contributed by atoms with van der Waals surface area (Å²) in [6.07, 6.45) is 0. The summed E-state index contributed by atoms with van der Waals surface area (Å²) >= 11 is 0. The molecule has 65 heavy (non-hydrogen) atoms. The van der Waals surface area contributed by atoms with Crippen LogP contribution in [0.15, 0.2) is 206 Å². The van der Waals surface area contributed by atoms with Gasteiger partial charge in [-0.3, -0.25) is 0 Å². The lowest BCUT2D eigenvalue weighted by Gasteiger charge is -2.36. The van der Waals surface area contributed by atoms with Crippen molar-refractivity contribution in [3.63, 3.8) is 0 Å². The maximum absolute atomic E-state index is 2.53. The Kier molecular flexibility index (Phi) is 10.6. The first-order valence-corrected chi connectivity index (χ1v) is 30.1. The Morgan fingerprint density at radius 1 is 0.354 bits per heavy atom. The molecule has 0 atom stereocenters. The SMILES string of the molecule is Cc1ccc(N(c2ccc(C)cc2)c2cc3c(c4ccccc24)-c2ccc(N(c4ccc([Si](C)(C)C)cc4)c4ccc([Si](C)(C)C)cc4)cc2C3(c2ccccc2)c2ccccc2)cc1. The molecule has 9 aromatic rings. The van der Waals surface area contributed by atoms with Crippen LogP contribution >= 0.6 is 0 Å². The second kappa shape index (κ2) is 16.4. The van der Waals surface area contributed by atoms with Crippen molar-refractivity contribution >= 4 is 71.4 Å². The van der Waals surface area contributed by atoms with Crippen molar-refractivity contribution in [2.45, 2.75) is 58.5 Å². The lowest BCUT2D eigenvalue weighted by molar-refractivity contribution is 0.769. The van der Waals surface area contributed by atoms with Gasteiger partial charge < -0.3 is 9.80 Å². The van der Waals surface area contributed by atoms with Gasteiger partial charge in [-0.1, -0.05) is 200 Å². The lowest BCUT2D eigenvalue weighted by atomic mass is 9.67. The minimum atomic E-state index is -1.52. The predicted octanol–water partition coefficient (Wildman–Crippen LogP) is 15.8. The second-order valence-electron chi connectivity index (χ2n) is 20.0. The van der Waals surface area contributed by atoms with Gasteiger partial charge in [0.2, 0.25) is 0 Å². The van der Waals surface area contributed by atoms with E-state index in [1.54, 1.807) is 0 Å². The highest BCUT2D eigenvalue weighted by atomic mass is 28.3. The van der Waals surface area contributed by atoms with Crippen LogP contribution in [0, 0.1) is 13.8 Å². The van der Waals surface area contributed by atoms with Crippen LogP contribution in [-0.2, 0) is 5.41 Å². The van der Waals surface area contributed by atoms with Gasteiger partial charge in [0.25, 0.3) is 0 Å². The summed E-state index contributed by atoms with van der Waals surface area (Å²) in [6.45, 7) is 18.9. The van der Waals surface area contributed by atoms with Crippen molar-refractivity contribution in [2.24, 2.45) is 0 Å². The summed E-state index contributed by atoms with van der Waals surface area (Å²) in [5.41, 5.74) is 16.3. The van der Waals surface area contributed by atoms with Gasteiger partial charge in [0, 0.05) is 33.8 Å². The number of benzene rings is 9. The van der Waals surface area contributed by atoms with Crippen molar-refractivity contribution in [3.05, 3.63) is 240 Å². The maximum Gasteiger partial charge on any atom is 0.0775 e. The van der Waals surface area contributed by atoms with E-state index in [9.17, 15) is 0 Å². The maximum atomic E-state index is 2.53. The molecule has 0 heterocycles. The molecule has 0 aliphatic heterocycles. The molecular weight excluding hydrogens is 817 g/mol. The predicted molar refractivity (Wildman–Crippen MR) is 286 cm³/mol. The normalized spacial score (nSPS) is 13.0. The van der Waals surface area contributed by atoms with Crippen LogP contribution in [0.25, 0.3) is 21.9 Å². The molecule has 0 unspecified atom stereocenters. The Morgan fingerprint density at radius 3 is 1.22 bits per heavy atom. The van der Waals surface area contributed by atoms with E-state index < -0.39 is 21.6 Å². The third-order valence-corrected chi connectivity index (χ3v) is 17.7. The van der Waals surface area contributed by atoms with E-state index in [1.165, 1.54) is 65.7 Å². The van der Waals surface area contributed by atoms with Crippen LogP contribution in [-0.4, -0.2) is 16.1 Å². The van der Waals surface area contributed by atoms with E-state index in [0.29, 0.717) is 0 Å². The summed E-state index contributed by atoms with van der Waals surface area (Å²) in [4.78, 5) is 4.94. The van der Waals surface area contributed by atoms with E-state index >= 15 is 0 Å². The van der Waals surface area contributed by atoms with E-state index in [1.807, 2.05) is 0 Å². The van der Waals surface area contributed by atoms with E-state index in [4.69, 9.17) is 0 Å². The Labute approximate surface area is 388 Å². The average Bonchev–Trinajstić information content (AvgIpc) is 3.61. The number of aryl methyl sites for hydroxylation is 2. The monoisotopic (exact) mass is 874 g/mol. The van der Waals surface area contributed by atoms with Crippen LogP contribution in [0.5, 0.6) is 0 Å². The smallest absolute Gasteiger partial charge is 0.0775 e. The molecule has 0 saturated heterocycles. The molecule has 0 radical (unpaired) electrons. The van der Waals surface area contributed by atoms with E-state index in [2.05, 4.69) is 269 Å². The number of rotatable bonds is 10. The van der Waals surface area contributed by atoms with Gasteiger partial charge in [-0.05, 0) is 119 Å². The molecule has 0 amide bonds. The molecule has 0 bridgehead atoms. The molecule has 0 spiro atoms. The Bertz CT molecular complexity index is 3000. The Morgan fingerprint density at radius 2 is 0.754 bits per heavy atom. The standard InChI is InChI=1S/C61H58N2Si2/c1-43-23-27-49(28-24-43)63(50-29-25-44(2)26-30-50)59-42-58-60(55-22-16-15-21-54(55)59)56-40-35-51(41-57(56)61(58,45-17-11-9-12-18-45)46-19-13-10-14-20-46)62(47-31-36-52(37-32-47)64(3,4)5)48-33-38-53(39-34-48)65(6,7)8/h9-42H,1-8H3. The highest BCUT2D eigenvalue weighted by molar-refractivity contribution is 6.89. The highest BCUT2D eigenvalue weighted by Crippen LogP contribution is 2.60. The van der Waals surface area contributed by atoms with Crippen molar-refractivity contribution in [3.8, 4) is 11.1 Å². The van der Waals surface area contributed by atoms with Crippen molar-refractivity contribution < 1.29 is 0 Å². The number of fused-ring (bicyclic) bond motifs is 5. The molecule has 320 valence electrons. The third kappa shape index (κ3) is 7.45. The Balaban J connectivity index is 1.29. The minimum Gasteiger partial charge on any atom is -0.310 e. The fourth-order valence-electron chi connectivity index (χ4n) is 10.1. The summed E-state index contributed by atoms with van der Waals surface area (Å²) in [6, 6.07) is 78.2. The Hall–Kier alpha value is -6.73. The zero-order chi connectivity index (χ0) is 45.1. The summed E-state index contributed by atoms with van der Waals surface area (Å²) in [7, 11) is -3.05. The van der Waals surface area contributed by atoms with Gasteiger partial charge >= 0.3 is 0 Å². The molecule has 0 N–H and O–H groups in total. The fourth-order valence-corrected chi connectivity index (χ4v) is 12.5. The first-order valence-electron chi connectivity index (χ1n) is 23.1. The average molecular weight is 875 g/mol. The van der Waals surface area contributed by atoms with Crippen LogP contribution < -0.4 is 20.2 Å². The molecule has 10 rings (SSSR count). The summed E-state index contributed by atoms with van der Waals surface area (Å²) in [5.74, 6) is 0. The van der Waals surface area contributed by atoms with Gasteiger partial charge in [-0.25, -0.2) is 0 Å². The van der Waals surface area contributed by atoms with Gasteiger partial charge in [0.1, 0.15) is 0 Å². The molecule has 1 aliphatic rings. The number of anilines is 6. The topological polar surface area (TPSA) is 6.48 Å². The molecule has 4 heteroatoms. The zero-order valence-electron chi connectivity index (χ0n) is 39.0. The van der Waals surface area contributed by atoms with Crippen LogP contribution in [0.2, 0.25) is 39.3 Å². The van der Waals surface area contributed by atoms with Crippen molar-refractivity contribution in [2.75, 3.05) is 9.80 Å². The third-order valence-electron chi connectivity index (χ3n) is 13.6. The van der Waals surface area contributed by atoms with Gasteiger partial charge in [-0.2, -0.15) is 0 Å². The molecule has 2 nitrogen and oxygen atoms in total. The largest absolute Gasteiger partial charge is 0.310 e. The summed E-state index contributed by atoms with van der Waals surface area (Å²) in [5, 5.41) is 5.37. The van der Waals surface area contributed by atoms with Crippen molar-refractivity contribution in [1.82, 2.24) is 0 Å². The lowest BCUT2D eigenvalue weighted by Crippen LogP contribution is -2.37. The van der Waals surface area contributed by atoms with Crippen molar-refractivity contribution in [1.29, 1.82) is 0 Å². The van der Waals surface area contributed by atoms with Crippen LogP contribution in [0.1, 0.15) is 33.4 Å². The number of hydrogen-bond acceptors (Lipinski definition) is 2. The minimum absolute atomic E-state index is 0.650.